The van der Waals surface area contributed by atoms with E-state index in [0.717, 1.165) is 42.0 Å². The molecule has 0 amide bonds. The van der Waals surface area contributed by atoms with Crippen molar-refractivity contribution in [3.63, 3.8) is 0 Å². The zero-order valence-corrected chi connectivity index (χ0v) is 11.3. The maximum atomic E-state index is 9.32. The Kier molecular flexibility index (Phi) is 3.18. The molecule has 2 aromatic rings. The second-order valence-corrected chi connectivity index (χ2v) is 6.14. The first kappa shape index (κ1) is 11.9. The van der Waals surface area contributed by atoms with Crippen molar-refractivity contribution in [2.24, 2.45) is 5.92 Å². The highest BCUT2D eigenvalue weighted by Gasteiger charge is 2.22. The fraction of sp³-hybridized carbons (Fsp3) is 0.538. The normalized spacial score (nSPS) is 20.6. The number of thiophene rings is 1. The number of aromatic nitrogens is 2. The number of anilines is 1. The average molecular weight is 263 g/mol. The van der Waals surface area contributed by atoms with Gasteiger partial charge in [-0.1, -0.05) is 0 Å². The number of rotatable bonds is 2. The lowest BCUT2D eigenvalue weighted by Gasteiger charge is -2.32. The monoisotopic (exact) mass is 263 g/mol. The van der Waals surface area contributed by atoms with Gasteiger partial charge < -0.3 is 10.0 Å². The van der Waals surface area contributed by atoms with Gasteiger partial charge in [0.2, 0.25) is 0 Å². The molecule has 18 heavy (non-hydrogen) atoms. The van der Waals surface area contributed by atoms with Crippen LogP contribution in [-0.2, 0) is 0 Å². The van der Waals surface area contributed by atoms with E-state index in [9.17, 15) is 5.11 Å². The molecule has 5 heteroatoms. The van der Waals surface area contributed by atoms with Crippen molar-refractivity contribution in [2.45, 2.75) is 19.8 Å². The average Bonchev–Trinajstić information content (AvgIpc) is 2.78. The molecule has 2 aromatic heterocycles. The number of aliphatic hydroxyl groups excluding tert-OH is 1. The van der Waals surface area contributed by atoms with E-state index in [1.807, 2.05) is 0 Å². The van der Waals surface area contributed by atoms with E-state index in [4.69, 9.17) is 0 Å². The van der Waals surface area contributed by atoms with Crippen molar-refractivity contribution in [3.8, 4) is 0 Å². The Morgan fingerprint density at radius 1 is 1.50 bits per heavy atom. The molecule has 0 saturated carbocycles. The maximum absolute atomic E-state index is 9.32. The van der Waals surface area contributed by atoms with Crippen LogP contribution in [-0.4, -0.2) is 34.8 Å². The number of piperidine rings is 1. The molecule has 96 valence electrons. The fourth-order valence-electron chi connectivity index (χ4n) is 2.62. The minimum atomic E-state index is 0.271. The van der Waals surface area contributed by atoms with Gasteiger partial charge in [-0.25, -0.2) is 9.97 Å². The molecule has 3 rings (SSSR count). The van der Waals surface area contributed by atoms with Crippen LogP contribution in [0.25, 0.3) is 10.2 Å². The van der Waals surface area contributed by atoms with Crippen LogP contribution in [0.5, 0.6) is 0 Å². The van der Waals surface area contributed by atoms with Crippen LogP contribution in [0, 0.1) is 12.8 Å². The Morgan fingerprint density at radius 2 is 2.39 bits per heavy atom. The van der Waals surface area contributed by atoms with Crippen molar-refractivity contribution in [3.05, 3.63) is 17.3 Å². The summed E-state index contributed by atoms with van der Waals surface area (Å²) in [6.45, 7) is 4.30. The molecule has 1 N–H and O–H groups in total. The Morgan fingerprint density at radius 3 is 3.22 bits per heavy atom. The lowest BCUT2D eigenvalue weighted by atomic mass is 9.99. The van der Waals surface area contributed by atoms with Gasteiger partial charge in [0.05, 0.1) is 5.39 Å². The number of hydrogen-bond acceptors (Lipinski definition) is 5. The highest BCUT2D eigenvalue weighted by Crippen LogP contribution is 2.31. The van der Waals surface area contributed by atoms with Crippen molar-refractivity contribution in [1.29, 1.82) is 0 Å². The van der Waals surface area contributed by atoms with Gasteiger partial charge in [-0.3, -0.25) is 0 Å². The van der Waals surface area contributed by atoms with Crippen molar-refractivity contribution in [1.82, 2.24) is 9.97 Å². The Hall–Kier alpha value is -1.20. The summed E-state index contributed by atoms with van der Waals surface area (Å²) < 4.78 is 0. The van der Waals surface area contributed by atoms with Crippen LogP contribution >= 0.6 is 11.3 Å². The number of aryl methyl sites for hydroxylation is 1. The number of hydrogen-bond donors (Lipinski definition) is 1. The zero-order valence-electron chi connectivity index (χ0n) is 10.5. The zero-order chi connectivity index (χ0) is 12.5. The molecular formula is C13H17N3OS. The van der Waals surface area contributed by atoms with Crippen LogP contribution in [0.15, 0.2) is 12.4 Å². The van der Waals surface area contributed by atoms with Crippen molar-refractivity contribution in [2.75, 3.05) is 24.6 Å². The smallest absolute Gasteiger partial charge is 0.140 e. The van der Waals surface area contributed by atoms with Crippen molar-refractivity contribution >= 4 is 27.4 Å². The van der Waals surface area contributed by atoms with Gasteiger partial charge in [0.15, 0.2) is 0 Å². The Bertz CT molecular complexity index is 554. The molecule has 1 unspecified atom stereocenters. The largest absolute Gasteiger partial charge is 0.396 e. The van der Waals surface area contributed by atoms with Gasteiger partial charge in [0.25, 0.3) is 0 Å². The summed E-state index contributed by atoms with van der Waals surface area (Å²) in [5.41, 5.74) is 0. The lowest BCUT2D eigenvalue weighted by molar-refractivity contribution is 0.208. The van der Waals surface area contributed by atoms with E-state index < -0.39 is 0 Å². The molecule has 0 bridgehead atoms. The lowest BCUT2D eigenvalue weighted by Crippen LogP contribution is -2.37. The van der Waals surface area contributed by atoms with E-state index in [-0.39, 0.29) is 6.61 Å². The Labute approximate surface area is 110 Å². The minimum absolute atomic E-state index is 0.271. The second kappa shape index (κ2) is 4.82. The molecule has 1 aliphatic heterocycles. The first-order valence-electron chi connectivity index (χ1n) is 6.35. The van der Waals surface area contributed by atoms with Gasteiger partial charge in [-0.15, -0.1) is 11.3 Å². The SMILES string of the molecule is Cc1cc2c(N3CCCC(CO)C3)ncnc2s1. The molecule has 1 fully saturated rings. The van der Waals surface area contributed by atoms with E-state index in [1.165, 1.54) is 4.88 Å². The summed E-state index contributed by atoms with van der Waals surface area (Å²) >= 11 is 1.71. The highest BCUT2D eigenvalue weighted by molar-refractivity contribution is 7.18. The minimum Gasteiger partial charge on any atom is -0.396 e. The second-order valence-electron chi connectivity index (χ2n) is 4.91. The first-order chi connectivity index (χ1) is 8.78. The summed E-state index contributed by atoms with van der Waals surface area (Å²) in [7, 11) is 0. The van der Waals surface area contributed by atoms with Gasteiger partial charge >= 0.3 is 0 Å². The van der Waals surface area contributed by atoms with Gasteiger partial charge in [0.1, 0.15) is 17.0 Å². The summed E-state index contributed by atoms with van der Waals surface area (Å²) in [6.07, 6.45) is 3.89. The van der Waals surface area contributed by atoms with Gasteiger partial charge in [-0.05, 0) is 31.7 Å². The number of nitrogens with zero attached hydrogens (tertiary/aromatic N) is 3. The summed E-state index contributed by atoms with van der Waals surface area (Å²) in [5.74, 6) is 1.41. The molecule has 1 aliphatic rings. The summed E-state index contributed by atoms with van der Waals surface area (Å²) in [6, 6.07) is 2.16. The van der Waals surface area contributed by atoms with Crippen molar-refractivity contribution < 1.29 is 5.11 Å². The molecule has 1 atom stereocenters. The van der Waals surface area contributed by atoms with Crippen LogP contribution < -0.4 is 4.90 Å². The number of aliphatic hydroxyl groups is 1. The molecule has 4 nitrogen and oxygen atoms in total. The molecule has 0 spiro atoms. The molecular weight excluding hydrogens is 246 g/mol. The van der Waals surface area contributed by atoms with Gasteiger partial charge in [0, 0.05) is 24.6 Å². The molecule has 1 saturated heterocycles. The summed E-state index contributed by atoms with van der Waals surface area (Å²) in [5, 5.41) is 10.5. The van der Waals surface area contributed by atoms with Crippen LogP contribution in [0.1, 0.15) is 17.7 Å². The van der Waals surface area contributed by atoms with E-state index in [1.54, 1.807) is 17.7 Å². The first-order valence-corrected chi connectivity index (χ1v) is 7.16. The number of fused-ring (bicyclic) bond motifs is 1. The summed E-state index contributed by atoms with van der Waals surface area (Å²) in [4.78, 5) is 13.4. The highest BCUT2D eigenvalue weighted by atomic mass is 32.1. The standard InChI is InChI=1S/C13H17N3OS/c1-9-5-11-12(14-8-15-13(11)18-9)16-4-2-3-10(6-16)7-17/h5,8,10,17H,2-4,6-7H2,1H3. The third kappa shape index (κ3) is 2.08. The molecule has 0 aliphatic carbocycles. The molecule has 0 aromatic carbocycles. The maximum Gasteiger partial charge on any atom is 0.140 e. The topological polar surface area (TPSA) is 49.2 Å². The molecule has 0 radical (unpaired) electrons. The fourth-order valence-corrected chi connectivity index (χ4v) is 3.46. The van der Waals surface area contributed by atoms with E-state index in [2.05, 4.69) is 27.9 Å². The third-order valence-corrected chi connectivity index (χ3v) is 4.47. The molecule has 3 heterocycles. The van der Waals surface area contributed by atoms with Gasteiger partial charge in [-0.2, -0.15) is 0 Å². The van der Waals surface area contributed by atoms with E-state index >= 15 is 0 Å². The quantitative estimate of drug-likeness (QED) is 0.902. The van der Waals surface area contributed by atoms with Crippen LogP contribution in [0.4, 0.5) is 5.82 Å². The Balaban J connectivity index is 1.98. The van der Waals surface area contributed by atoms with Crippen LogP contribution in [0.2, 0.25) is 0 Å². The predicted octanol–water partition coefficient (Wildman–Crippen LogP) is 2.21. The third-order valence-electron chi connectivity index (χ3n) is 3.51. The van der Waals surface area contributed by atoms with E-state index in [0.29, 0.717) is 5.92 Å². The van der Waals surface area contributed by atoms with Crippen LogP contribution in [0.3, 0.4) is 0 Å². The predicted molar refractivity (Wildman–Crippen MR) is 74.2 cm³/mol.